The van der Waals surface area contributed by atoms with Crippen LogP contribution in [-0.4, -0.2) is 26.4 Å². The normalized spacial score (nSPS) is 11.5. The number of rotatable bonds is 3. The maximum atomic E-state index is 11.6. The SMILES string of the molecule is CC(C)n1nc([N+](=O)[O-])cc1NC(=O)OC(C)(C)C. The van der Waals surface area contributed by atoms with Crippen LogP contribution in [0.3, 0.4) is 0 Å². The first-order valence-corrected chi connectivity index (χ1v) is 5.84. The van der Waals surface area contributed by atoms with Gasteiger partial charge in [0.25, 0.3) is 0 Å². The van der Waals surface area contributed by atoms with Crippen LogP contribution in [0.5, 0.6) is 0 Å². The maximum absolute atomic E-state index is 11.6. The number of hydrogen-bond donors (Lipinski definition) is 1. The second kappa shape index (κ2) is 5.25. The average Bonchev–Trinajstić information content (AvgIpc) is 2.58. The van der Waals surface area contributed by atoms with E-state index in [1.807, 2.05) is 0 Å². The lowest BCUT2D eigenvalue weighted by molar-refractivity contribution is -0.389. The van der Waals surface area contributed by atoms with Crippen molar-refractivity contribution in [2.24, 2.45) is 0 Å². The molecule has 0 saturated heterocycles. The Labute approximate surface area is 110 Å². The molecule has 19 heavy (non-hydrogen) atoms. The molecule has 0 radical (unpaired) electrons. The molecule has 0 spiro atoms. The van der Waals surface area contributed by atoms with Crippen molar-refractivity contribution in [1.29, 1.82) is 0 Å². The van der Waals surface area contributed by atoms with E-state index in [1.165, 1.54) is 10.7 Å². The van der Waals surface area contributed by atoms with Crippen LogP contribution in [0.4, 0.5) is 16.4 Å². The molecule has 1 rings (SSSR count). The van der Waals surface area contributed by atoms with Crippen molar-refractivity contribution in [1.82, 2.24) is 9.78 Å². The summed E-state index contributed by atoms with van der Waals surface area (Å²) in [5.74, 6) is -0.0873. The van der Waals surface area contributed by atoms with Gasteiger partial charge in [-0.05, 0) is 39.5 Å². The van der Waals surface area contributed by atoms with Crippen molar-refractivity contribution in [3.8, 4) is 0 Å². The predicted molar refractivity (Wildman–Crippen MR) is 69.1 cm³/mol. The molecule has 0 aliphatic carbocycles. The lowest BCUT2D eigenvalue weighted by Gasteiger charge is -2.19. The number of carbonyl (C=O) groups is 1. The van der Waals surface area contributed by atoms with Crippen molar-refractivity contribution in [2.45, 2.75) is 46.3 Å². The number of anilines is 1. The van der Waals surface area contributed by atoms with E-state index in [2.05, 4.69) is 10.4 Å². The van der Waals surface area contributed by atoms with Gasteiger partial charge in [0, 0.05) is 0 Å². The van der Waals surface area contributed by atoms with Gasteiger partial charge in [-0.1, -0.05) is 0 Å². The smallest absolute Gasteiger partial charge is 0.413 e. The Morgan fingerprint density at radius 3 is 2.53 bits per heavy atom. The number of carbonyl (C=O) groups excluding carboxylic acids is 1. The third-order valence-corrected chi connectivity index (χ3v) is 2.03. The monoisotopic (exact) mass is 270 g/mol. The molecule has 1 heterocycles. The lowest BCUT2D eigenvalue weighted by atomic mass is 10.2. The summed E-state index contributed by atoms with van der Waals surface area (Å²) in [5.41, 5.74) is -0.640. The average molecular weight is 270 g/mol. The molecule has 0 unspecified atom stereocenters. The lowest BCUT2D eigenvalue weighted by Crippen LogP contribution is -2.28. The number of nitro groups is 1. The van der Waals surface area contributed by atoms with Gasteiger partial charge in [0.15, 0.2) is 5.82 Å². The molecule has 0 aromatic carbocycles. The fourth-order valence-corrected chi connectivity index (χ4v) is 1.37. The summed E-state index contributed by atoms with van der Waals surface area (Å²) in [6.07, 6.45) is -0.677. The van der Waals surface area contributed by atoms with E-state index in [4.69, 9.17) is 4.74 Å². The van der Waals surface area contributed by atoms with E-state index >= 15 is 0 Å². The van der Waals surface area contributed by atoms with E-state index in [1.54, 1.807) is 34.6 Å². The van der Waals surface area contributed by atoms with E-state index in [0.29, 0.717) is 0 Å². The number of nitrogens with zero attached hydrogens (tertiary/aromatic N) is 3. The Morgan fingerprint density at radius 2 is 2.11 bits per heavy atom. The van der Waals surface area contributed by atoms with Gasteiger partial charge in [0.2, 0.25) is 0 Å². The molecule has 1 aromatic heterocycles. The highest BCUT2D eigenvalue weighted by molar-refractivity contribution is 5.84. The molecule has 1 aromatic rings. The highest BCUT2D eigenvalue weighted by Crippen LogP contribution is 2.21. The standard InChI is InChI=1S/C11H18N4O4/c1-7(2)14-8(6-9(13-14)15(17)18)12-10(16)19-11(3,4)5/h6-7H,1-5H3,(H,12,16). The van der Waals surface area contributed by atoms with Crippen molar-refractivity contribution < 1.29 is 14.5 Å². The van der Waals surface area contributed by atoms with Crippen LogP contribution in [0.1, 0.15) is 40.7 Å². The Balaban J connectivity index is 2.93. The van der Waals surface area contributed by atoms with Crippen molar-refractivity contribution in [3.63, 3.8) is 0 Å². The van der Waals surface area contributed by atoms with Gasteiger partial charge in [0.05, 0.1) is 17.2 Å². The van der Waals surface area contributed by atoms with Gasteiger partial charge in [-0.3, -0.25) is 5.32 Å². The Kier molecular flexibility index (Phi) is 4.13. The third-order valence-electron chi connectivity index (χ3n) is 2.03. The fourth-order valence-electron chi connectivity index (χ4n) is 1.37. The van der Waals surface area contributed by atoms with Crippen LogP contribution in [0.15, 0.2) is 6.07 Å². The van der Waals surface area contributed by atoms with Crippen molar-refractivity contribution >= 4 is 17.7 Å². The number of hydrogen-bond acceptors (Lipinski definition) is 5. The summed E-state index contributed by atoms with van der Waals surface area (Å²) >= 11 is 0. The van der Waals surface area contributed by atoms with E-state index in [9.17, 15) is 14.9 Å². The maximum Gasteiger partial charge on any atom is 0.413 e. The molecule has 8 nitrogen and oxygen atoms in total. The predicted octanol–water partition coefficient (Wildman–Crippen LogP) is 2.72. The summed E-state index contributed by atoms with van der Waals surface area (Å²) < 4.78 is 6.45. The van der Waals surface area contributed by atoms with E-state index in [-0.39, 0.29) is 17.7 Å². The van der Waals surface area contributed by atoms with Gasteiger partial charge in [-0.2, -0.15) is 4.68 Å². The van der Waals surface area contributed by atoms with Gasteiger partial charge in [-0.25, -0.2) is 4.79 Å². The number of amides is 1. The number of nitrogens with one attached hydrogen (secondary N) is 1. The largest absolute Gasteiger partial charge is 0.444 e. The summed E-state index contributed by atoms with van der Waals surface area (Å²) in [6.45, 7) is 8.80. The summed E-state index contributed by atoms with van der Waals surface area (Å²) in [6, 6.07) is 1.07. The number of aromatic nitrogens is 2. The first-order valence-electron chi connectivity index (χ1n) is 5.84. The summed E-state index contributed by atoms with van der Waals surface area (Å²) in [5, 5.41) is 17.0. The van der Waals surface area contributed by atoms with Gasteiger partial charge in [-0.15, -0.1) is 0 Å². The molecule has 0 fully saturated rings. The van der Waals surface area contributed by atoms with Crippen LogP contribution in [0.25, 0.3) is 0 Å². The Morgan fingerprint density at radius 1 is 1.53 bits per heavy atom. The van der Waals surface area contributed by atoms with Gasteiger partial charge >= 0.3 is 11.9 Å². The molecule has 0 saturated carbocycles. The van der Waals surface area contributed by atoms with E-state index in [0.717, 1.165) is 0 Å². The molecule has 0 bridgehead atoms. The van der Waals surface area contributed by atoms with Gasteiger partial charge < -0.3 is 14.9 Å². The first-order chi connectivity index (χ1) is 8.60. The molecule has 0 atom stereocenters. The molecular weight excluding hydrogens is 252 g/mol. The minimum Gasteiger partial charge on any atom is -0.444 e. The van der Waals surface area contributed by atoms with Crippen LogP contribution >= 0.6 is 0 Å². The zero-order chi connectivity index (χ0) is 14.8. The molecule has 0 aliphatic rings. The summed E-state index contributed by atoms with van der Waals surface area (Å²) in [4.78, 5) is 21.7. The quantitative estimate of drug-likeness (QED) is 0.672. The zero-order valence-corrected chi connectivity index (χ0v) is 11.6. The second-order valence-corrected chi connectivity index (χ2v) is 5.31. The summed E-state index contributed by atoms with van der Waals surface area (Å²) in [7, 11) is 0. The van der Waals surface area contributed by atoms with Crippen LogP contribution in [0, 0.1) is 10.1 Å². The molecule has 1 N–H and O–H groups in total. The van der Waals surface area contributed by atoms with Crippen LogP contribution in [0.2, 0.25) is 0 Å². The van der Waals surface area contributed by atoms with Crippen LogP contribution in [-0.2, 0) is 4.74 Å². The third kappa shape index (κ3) is 4.23. The second-order valence-electron chi connectivity index (χ2n) is 5.31. The fraction of sp³-hybridized carbons (Fsp3) is 0.636. The molecule has 8 heteroatoms. The van der Waals surface area contributed by atoms with Gasteiger partial charge in [0.1, 0.15) is 5.60 Å². The minimum absolute atomic E-state index is 0.126. The van der Waals surface area contributed by atoms with E-state index < -0.39 is 16.6 Å². The Bertz CT molecular complexity index is 487. The minimum atomic E-state index is -0.677. The highest BCUT2D eigenvalue weighted by Gasteiger charge is 2.23. The molecule has 1 amide bonds. The molecule has 0 aliphatic heterocycles. The molecule has 106 valence electrons. The zero-order valence-electron chi connectivity index (χ0n) is 11.6. The Hall–Kier alpha value is -2.12. The topological polar surface area (TPSA) is 99.3 Å². The van der Waals surface area contributed by atoms with Crippen molar-refractivity contribution in [2.75, 3.05) is 5.32 Å². The van der Waals surface area contributed by atoms with Crippen molar-refractivity contribution in [3.05, 3.63) is 16.2 Å². The van der Waals surface area contributed by atoms with Crippen LogP contribution < -0.4 is 5.32 Å². The number of ether oxygens (including phenoxy) is 1. The highest BCUT2D eigenvalue weighted by atomic mass is 16.6. The molecular formula is C11H18N4O4. The first kappa shape index (κ1) is 14.9.